The van der Waals surface area contributed by atoms with Gasteiger partial charge in [0.2, 0.25) is 0 Å². The molecule has 2 aromatic heterocycles. The summed E-state index contributed by atoms with van der Waals surface area (Å²) < 4.78 is 0.922. The zero-order valence-electron chi connectivity index (χ0n) is 11.1. The molecule has 2 heterocycles. The number of hydrogen-bond donors (Lipinski definition) is 2. The monoisotopic (exact) mass is 318 g/mol. The molecule has 3 rings (SSSR count). The number of carbonyl (C=O) groups excluding carboxylic acids is 1. The van der Waals surface area contributed by atoms with Gasteiger partial charge in [-0.1, -0.05) is 35.1 Å². The summed E-state index contributed by atoms with van der Waals surface area (Å²) in [5, 5.41) is 6.39. The molecule has 0 bridgehead atoms. The third-order valence-corrected chi connectivity index (χ3v) is 3.98. The van der Waals surface area contributed by atoms with E-state index in [1.807, 2.05) is 25.1 Å². The number of para-hydroxylation sites is 1. The molecule has 0 atom stereocenters. The Morgan fingerprint density at radius 1 is 1.24 bits per heavy atom. The van der Waals surface area contributed by atoms with Gasteiger partial charge < -0.3 is 0 Å². The number of hydrogen-bond acceptors (Lipinski definition) is 4. The SMILES string of the molecule is Cc1ccc(NC(=O)Nc2nc3c(Cl)cccc3s2)nc1. The van der Waals surface area contributed by atoms with E-state index >= 15 is 0 Å². The van der Waals surface area contributed by atoms with Crippen LogP contribution in [-0.4, -0.2) is 16.0 Å². The number of halogens is 1. The molecule has 2 N–H and O–H groups in total. The van der Waals surface area contributed by atoms with E-state index in [9.17, 15) is 4.79 Å². The predicted molar refractivity (Wildman–Crippen MR) is 86.2 cm³/mol. The van der Waals surface area contributed by atoms with E-state index in [1.54, 1.807) is 18.3 Å². The molecule has 0 spiro atoms. The number of rotatable bonds is 2. The number of pyridine rings is 1. The number of anilines is 2. The fraction of sp³-hybridized carbons (Fsp3) is 0.0714. The van der Waals surface area contributed by atoms with Crippen LogP contribution in [0.15, 0.2) is 36.5 Å². The number of urea groups is 1. The first-order valence-corrected chi connectivity index (χ1v) is 7.37. The second-order valence-corrected chi connectivity index (χ2v) is 5.84. The average molecular weight is 319 g/mol. The van der Waals surface area contributed by atoms with Crippen LogP contribution < -0.4 is 10.6 Å². The van der Waals surface area contributed by atoms with E-state index in [0.717, 1.165) is 10.3 Å². The van der Waals surface area contributed by atoms with Gasteiger partial charge in [0.05, 0.1) is 9.72 Å². The van der Waals surface area contributed by atoms with Crippen molar-refractivity contribution in [1.29, 1.82) is 0 Å². The van der Waals surface area contributed by atoms with E-state index in [2.05, 4.69) is 20.6 Å². The number of amides is 2. The van der Waals surface area contributed by atoms with Gasteiger partial charge in [-0.3, -0.25) is 10.6 Å². The number of carbonyl (C=O) groups is 1. The van der Waals surface area contributed by atoms with Crippen molar-refractivity contribution in [3.8, 4) is 0 Å². The Morgan fingerprint density at radius 3 is 2.81 bits per heavy atom. The third-order valence-electron chi connectivity index (χ3n) is 2.74. The van der Waals surface area contributed by atoms with E-state index < -0.39 is 0 Å². The molecule has 3 aromatic rings. The second-order valence-electron chi connectivity index (χ2n) is 4.41. The van der Waals surface area contributed by atoms with Crippen molar-refractivity contribution in [3.05, 3.63) is 47.1 Å². The molecule has 5 nitrogen and oxygen atoms in total. The summed E-state index contributed by atoms with van der Waals surface area (Å²) in [4.78, 5) is 20.3. The first kappa shape index (κ1) is 13.8. The minimum atomic E-state index is -0.387. The summed E-state index contributed by atoms with van der Waals surface area (Å²) in [5.41, 5.74) is 1.72. The number of nitrogens with one attached hydrogen (secondary N) is 2. The molecule has 0 saturated heterocycles. The molecular formula is C14H11ClN4OS. The summed E-state index contributed by atoms with van der Waals surface area (Å²) in [5.74, 6) is 0.484. The third kappa shape index (κ3) is 3.12. The van der Waals surface area contributed by atoms with Crippen LogP contribution in [0.2, 0.25) is 5.02 Å². The van der Waals surface area contributed by atoms with Gasteiger partial charge in [0.1, 0.15) is 11.3 Å². The summed E-state index contributed by atoms with van der Waals surface area (Å²) >= 11 is 7.42. The standard InChI is InChI=1S/C14H11ClN4OS/c1-8-5-6-11(16-7-8)17-13(20)19-14-18-12-9(15)3-2-4-10(12)21-14/h2-7H,1H3,(H2,16,17,18,19,20). The lowest BCUT2D eigenvalue weighted by atomic mass is 10.3. The number of benzene rings is 1. The van der Waals surface area contributed by atoms with Gasteiger partial charge in [-0.25, -0.2) is 14.8 Å². The van der Waals surface area contributed by atoms with Crippen LogP contribution in [0.3, 0.4) is 0 Å². The van der Waals surface area contributed by atoms with E-state index in [4.69, 9.17) is 11.6 Å². The van der Waals surface area contributed by atoms with Crippen LogP contribution in [0.25, 0.3) is 10.2 Å². The number of thiazole rings is 1. The van der Waals surface area contributed by atoms with Gasteiger partial charge >= 0.3 is 6.03 Å². The van der Waals surface area contributed by atoms with Crippen molar-refractivity contribution in [3.63, 3.8) is 0 Å². The highest BCUT2D eigenvalue weighted by Gasteiger charge is 2.10. The highest BCUT2D eigenvalue weighted by Crippen LogP contribution is 2.30. The van der Waals surface area contributed by atoms with Gasteiger partial charge in [-0.2, -0.15) is 0 Å². The average Bonchev–Trinajstić information content (AvgIpc) is 2.85. The molecule has 106 valence electrons. The van der Waals surface area contributed by atoms with Gasteiger partial charge in [0.25, 0.3) is 0 Å². The fourth-order valence-electron chi connectivity index (χ4n) is 1.75. The van der Waals surface area contributed by atoms with Crippen molar-refractivity contribution in [2.75, 3.05) is 10.6 Å². The van der Waals surface area contributed by atoms with Gasteiger partial charge in [0.15, 0.2) is 5.13 Å². The minimum absolute atomic E-state index is 0.387. The Bertz CT molecular complexity index is 800. The zero-order chi connectivity index (χ0) is 14.8. The molecule has 21 heavy (non-hydrogen) atoms. The van der Waals surface area contributed by atoms with Crippen LogP contribution in [0.5, 0.6) is 0 Å². The maximum absolute atomic E-state index is 11.9. The first-order valence-electron chi connectivity index (χ1n) is 6.17. The van der Waals surface area contributed by atoms with Crippen LogP contribution in [-0.2, 0) is 0 Å². The Kier molecular flexibility index (Phi) is 3.72. The molecule has 0 fully saturated rings. The molecule has 0 aliphatic rings. The molecule has 0 aliphatic carbocycles. The fourth-order valence-corrected chi connectivity index (χ4v) is 2.92. The Hall–Kier alpha value is -2.18. The molecule has 1 aromatic carbocycles. The number of aryl methyl sites for hydroxylation is 1. The summed E-state index contributed by atoms with van der Waals surface area (Å²) in [6.45, 7) is 1.93. The lowest BCUT2D eigenvalue weighted by Gasteiger charge is -2.04. The van der Waals surface area contributed by atoms with Crippen LogP contribution >= 0.6 is 22.9 Å². The Morgan fingerprint density at radius 2 is 2.10 bits per heavy atom. The summed E-state index contributed by atoms with van der Waals surface area (Å²) in [6.07, 6.45) is 1.69. The molecule has 2 amide bonds. The highest BCUT2D eigenvalue weighted by atomic mass is 35.5. The van der Waals surface area contributed by atoms with Crippen molar-refractivity contribution in [2.24, 2.45) is 0 Å². The van der Waals surface area contributed by atoms with Crippen molar-refractivity contribution < 1.29 is 4.79 Å². The number of fused-ring (bicyclic) bond motifs is 1. The molecule has 0 saturated carbocycles. The Balaban J connectivity index is 1.74. The van der Waals surface area contributed by atoms with Crippen molar-refractivity contribution >= 4 is 50.1 Å². The minimum Gasteiger partial charge on any atom is -0.292 e. The number of nitrogens with zero attached hydrogens (tertiary/aromatic N) is 2. The maximum Gasteiger partial charge on any atom is 0.326 e. The summed E-state index contributed by atoms with van der Waals surface area (Å²) in [6, 6.07) is 8.75. The quantitative estimate of drug-likeness (QED) is 0.740. The zero-order valence-corrected chi connectivity index (χ0v) is 12.6. The molecular weight excluding hydrogens is 308 g/mol. The Labute approximate surface area is 130 Å². The van der Waals surface area contributed by atoms with E-state index in [1.165, 1.54) is 11.3 Å². The maximum atomic E-state index is 11.9. The van der Waals surface area contributed by atoms with Gasteiger partial charge in [-0.05, 0) is 30.7 Å². The lowest BCUT2D eigenvalue weighted by molar-refractivity contribution is 0.262. The van der Waals surface area contributed by atoms with Crippen molar-refractivity contribution in [1.82, 2.24) is 9.97 Å². The first-order chi connectivity index (χ1) is 10.1. The van der Waals surface area contributed by atoms with Crippen LogP contribution in [0.4, 0.5) is 15.7 Å². The summed E-state index contributed by atoms with van der Waals surface area (Å²) in [7, 11) is 0. The topological polar surface area (TPSA) is 66.9 Å². The van der Waals surface area contributed by atoms with Crippen LogP contribution in [0.1, 0.15) is 5.56 Å². The van der Waals surface area contributed by atoms with Gasteiger partial charge in [0, 0.05) is 6.20 Å². The normalized spacial score (nSPS) is 10.6. The van der Waals surface area contributed by atoms with Crippen LogP contribution in [0, 0.1) is 6.92 Å². The smallest absolute Gasteiger partial charge is 0.292 e. The molecule has 0 aliphatic heterocycles. The van der Waals surface area contributed by atoms with Crippen molar-refractivity contribution in [2.45, 2.75) is 6.92 Å². The largest absolute Gasteiger partial charge is 0.326 e. The highest BCUT2D eigenvalue weighted by molar-refractivity contribution is 7.22. The molecule has 0 unspecified atom stereocenters. The van der Waals surface area contributed by atoms with E-state index in [0.29, 0.717) is 21.5 Å². The number of aromatic nitrogens is 2. The molecule has 7 heteroatoms. The van der Waals surface area contributed by atoms with E-state index in [-0.39, 0.29) is 6.03 Å². The predicted octanol–water partition coefficient (Wildman–Crippen LogP) is 4.30. The van der Waals surface area contributed by atoms with Gasteiger partial charge in [-0.15, -0.1) is 0 Å². The second kappa shape index (κ2) is 5.67. The molecule has 0 radical (unpaired) electrons. The lowest BCUT2D eigenvalue weighted by Crippen LogP contribution is -2.19.